The van der Waals surface area contributed by atoms with Crippen molar-refractivity contribution in [3.8, 4) is 11.5 Å². The fourth-order valence-electron chi connectivity index (χ4n) is 1.83. The summed E-state index contributed by atoms with van der Waals surface area (Å²) in [6.07, 6.45) is 2.95. The summed E-state index contributed by atoms with van der Waals surface area (Å²) in [4.78, 5) is 14.2. The highest BCUT2D eigenvalue weighted by atomic mass is 79.9. The molecular weight excluding hydrogens is 356 g/mol. The van der Waals surface area contributed by atoms with E-state index in [4.69, 9.17) is 9.47 Å². The van der Waals surface area contributed by atoms with E-state index in [1.165, 1.54) is 24.5 Å². The number of rotatable bonds is 4. The van der Waals surface area contributed by atoms with Crippen LogP contribution in [0.4, 0.5) is 11.5 Å². The van der Waals surface area contributed by atoms with Crippen molar-refractivity contribution in [1.29, 1.82) is 0 Å². The van der Waals surface area contributed by atoms with E-state index in [1.807, 2.05) is 0 Å². The number of aromatic nitrogens is 1. The molecule has 0 spiro atoms. The maximum Gasteiger partial charge on any atom is 0.313 e. The van der Waals surface area contributed by atoms with Crippen molar-refractivity contribution in [3.05, 3.63) is 50.6 Å². The zero-order chi connectivity index (χ0) is 15.5. The van der Waals surface area contributed by atoms with Crippen LogP contribution >= 0.6 is 15.9 Å². The number of benzene rings is 1. The van der Waals surface area contributed by atoms with E-state index in [1.54, 1.807) is 12.1 Å². The molecule has 1 aliphatic rings. The van der Waals surface area contributed by atoms with Gasteiger partial charge in [-0.3, -0.25) is 15.5 Å². The predicted molar refractivity (Wildman–Crippen MR) is 82.4 cm³/mol. The van der Waals surface area contributed by atoms with Crippen LogP contribution in [0.15, 0.2) is 40.0 Å². The number of nitrogens with zero attached hydrogens (tertiary/aromatic N) is 3. The molecule has 0 atom stereocenters. The maximum atomic E-state index is 10.9. The van der Waals surface area contributed by atoms with Crippen molar-refractivity contribution in [1.82, 2.24) is 4.98 Å². The zero-order valence-electron chi connectivity index (χ0n) is 11.0. The number of hydrogen-bond acceptors (Lipinski definition) is 7. The van der Waals surface area contributed by atoms with Gasteiger partial charge in [-0.25, -0.2) is 4.98 Å². The van der Waals surface area contributed by atoms with Crippen LogP contribution in [-0.4, -0.2) is 22.9 Å². The van der Waals surface area contributed by atoms with Gasteiger partial charge in [-0.15, -0.1) is 0 Å². The Morgan fingerprint density at radius 1 is 1.41 bits per heavy atom. The number of ether oxygens (including phenoxy) is 2. The molecule has 0 fully saturated rings. The normalized spacial score (nSPS) is 12.6. The van der Waals surface area contributed by atoms with Crippen LogP contribution in [0.1, 0.15) is 5.56 Å². The van der Waals surface area contributed by atoms with Crippen molar-refractivity contribution < 1.29 is 14.4 Å². The van der Waals surface area contributed by atoms with Gasteiger partial charge in [0.15, 0.2) is 11.5 Å². The molecule has 0 saturated carbocycles. The quantitative estimate of drug-likeness (QED) is 0.508. The lowest BCUT2D eigenvalue weighted by atomic mass is 10.2. The molecule has 0 amide bonds. The molecule has 3 rings (SSSR count). The second-order valence-electron chi connectivity index (χ2n) is 4.23. The van der Waals surface area contributed by atoms with Gasteiger partial charge in [0.1, 0.15) is 0 Å². The largest absolute Gasteiger partial charge is 0.454 e. The number of nitrogens with one attached hydrogen (secondary N) is 1. The van der Waals surface area contributed by atoms with Gasteiger partial charge in [-0.2, -0.15) is 5.10 Å². The predicted octanol–water partition coefficient (Wildman–Crippen LogP) is 2.93. The van der Waals surface area contributed by atoms with E-state index in [0.717, 1.165) is 10.0 Å². The summed E-state index contributed by atoms with van der Waals surface area (Å²) >= 11 is 3.40. The average molecular weight is 365 g/mol. The Morgan fingerprint density at radius 2 is 2.18 bits per heavy atom. The lowest BCUT2D eigenvalue weighted by Gasteiger charge is -2.02. The molecule has 0 saturated heterocycles. The van der Waals surface area contributed by atoms with Crippen LogP contribution in [0.3, 0.4) is 0 Å². The summed E-state index contributed by atoms with van der Waals surface area (Å²) in [6.45, 7) is 0.181. The summed E-state index contributed by atoms with van der Waals surface area (Å²) < 4.78 is 11.3. The van der Waals surface area contributed by atoms with Gasteiger partial charge in [0.2, 0.25) is 12.6 Å². The first-order valence-corrected chi connectivity index (χ1v) is 6.92. The highest BCUT2D eigenvalue weighted by Crippen LogP contribution is 2.36. The Hall–Kier alpha value is -2.68. The van der Waals surface area contributed by atoms with Crippen LogP contribution < -0.4 is 14.9 Å². The molecule has 112 valence electrons. The summed E-state index contributed by atoms with van der Waals surface area (Å²) in [6, 6.07) is 6.36. The van der Waals surface area contributed by atoms with Crippen molar-refractivity contribution >= 4 is 33.6 Å². The fourth-order valence-corrected chi connectivity index (χ4v) is 2.25. The molecule has 8 nitrogen and oxygen atoms in total. The van der Waals surface area contributed by atoms with Gasteiger partial charge in [0, 0.05) is 22.3 Å². The third-order valence-electron chi connectivity index (χ3n) is 2.85. The molecule has 2 aromatic rings. The first-order chi connectivity index (χ1) is 10.6. The minimum absolute atomic E-state index is 0.0700. The Balaban J connectivity index is 1.80. The van der Waals surface area contributed by atoms with E-state index in [0.29, 0.717) is 11.5 Å². The Labute approximate surface area is 133 Å². The van der Waals surface area contributed by atoms with E-state index >= 15 is 0 Å². The van der Waals surface area contributed by atoms with Crippen LogP contribution in [0.2, 0.25) is 0 Å². The van der Waals surface area contributed by atoms with E-state index in [9.17, 15) is 10.1 Å². The number of halogens is 1. The summed E-state index contributed by atoms with van der Waals surface area (Å²) in [5.74, 6) is 1.34. The lowest BCUT2D eigenvalue weighted by Crippen LogP contribution is -1.99. The van der Waals surface area contributed by atoms with Gasteiger partial charge >= 0.3 is 5.69 Å². The van der Waals surface area contributed by atoms with Crippen LogP contribution in [-0.2, 0) is 0 Å². The van der Waals surface area contributed by atoms with E-state index in [2.05, 4.69) is 31.4 Å². The van der Waals surface area contributed by atoms with Crippen molar-refractivity contribution in [2.24, 2.45) is 5.10 Å². The molecule has 1 aromatic heterocycles. The number of hydrogen-bond donors (Lipinski definition) is 1. The molecular formula is C13H9BrN4O4. The second-order valence-corrected chi connectivity index (χ2v) is 5.08. The number of hydrazone groups is 1. The third-order valence-corrected chi connectivity index (χ3v) is 3.54. The van der Waals surface area contributed by atoms with Gasteiger partial charge in [-0.1, -0.05) is 0 Å². The van der Waals surface area contributed by atoms with Crippen LogP contribution in [0.5, 0.6) is 11.5 Å². The first kappa shape index (κ1) is 14.3. The average Bonchev–Trinajstić information content (AvgIpc) is 2.94. The number of nitro groups is 1. The standard InChI is InChI=1S/C13H9BrN4O4/c14-9-5-12-11(21-7-22-12)4-8(9)6-16-17-13-10(18(19)20)2-1-3-15-13/h1-6H,7H2,(H,15,17)/b16-6+. The Morgan fingerprint density at radius 3 is 2.95 bits per heavy atom. The topological polar surface area (TPSA) is 98.9 Å². The second kappa shape index (κ2) is 5.98. The zero-order valence-corrected chi connectivity index (χ0v) is 12.6. The molecule has 1 aromatic carbocycles. The highest BCUT2D eigenvalue weighted by Gasteiger charge is 2.16. The summed E-state index contributed by atoms with van der Waals surface area (Å²) in [7, 11) is 0. The summed E-state index contributed by atoms with van der Waals surface area (Å²) in [5.41, 5.74) is 3.14. The molecule has 0 radical (unpaired) electrons. The molecule has 0 unspecified atom stereocenters. The highest BCUT2D eigenvalue weighted by molar-refractivity contribution is 9.10. The number of fused-ring (bicyclic) bond motifs is 1. The molecule has 0 aliphatic carbocycles. The monoisotopic (exact) mass is 364 g/mol. The molecule has 1 aliphatic heterocycles. The van der Waals surface area contributed by atoms with Crippen molar-refractivity contribution in [2.45, 2.75) is 0 Å². The van der Waals surface area contributed by atoms with Crippen LogP contribution in [0.25, 0.3) is 0 Å². The minimum Gasteiger partial charge on any atom is -0.454 e. The molecule has 1 N–H and O–H groups in total. The van der Waals surface area contributed by atoms with Gasteiger partial charge in [0.25, 0.3) is 0 Å². The lowest BCUT2D eigenvalue weighted by molar-refractivity contribution is -0.384. The maximum absolute atomic E-state index is 10.9. The Kier molecular flexibility index (Phi) is 3.88. The molecule has 22 heavy (non-hydrogen) atoms. The molecule has 9 heteroatoms. The fraction of sp³-hybridized carbons (Fsp3) is 0.0769. The third kappa shape index (κ3) is 2.84. The smallest absolute Gasteiger partial charge is 0.313 e. The first-order valence-electron chi connectivity index (χ1n) is 6.13. The summed E-state index contributed by atoms with van der Waals surface area (Å²) in [5, 5.41) is 14.8. The van der Waals surface area contributed by atoms with Gasteiger partial charge in [-0.05, 0) is 34.1 Å². The van der Waals surface area contributed by atoms with Gasteiger partial charge < -0.3 is 9.47 Å². The van der Waals surface area contributed by atoms with Crippen LogP contribution in [0, 0.1) is 10.1 Å². The van der Waals surface area contributed by atoms with E-state index in [-0.39, 0.29) is 18.3 Å². The Bertz CT molecular complexity index is 766. The van der Waals surface area contributed by atoms with Gasteiger partial charge in [0.05, 0.1) is 11.1 Å². The SMILES string of the molecule is O=[N+]([O-])c1cccnc1N/N=C/c1cc2c(cc1Br)OCO2. The number of anilines is 1. The van der Waals surface area contributed by atoms with E-state index < -0.39 is 4.92 Å². The molecule has 2 heterocycles. The van der Waals surface area contributed by atoms with Crippen molar-refractivity contribution in [3.63, 3.8) is 0 Å². The minimum atomic E-state index is -0.526. The molecule has 0 bridgehead atoms. The van der Waals surface area contributed by atoms with Crippen molar-refractivity contribution in [2.75, 3.05) is 12.2 Å². The number of pyridine rings is 1.